The van der Waals surface area contributed by atoms with Gasteiger partial charge in [-0.1, -0.05) is 25.5 Å². The van der Waals surface area contributed by atoms with E-state index in [2.05, 4.69) is 17.6 Å². The van der Waals surface area contributed by atoms with Crippen molar-refractivity contribution in [2.24, 2.45) is 5.92 Å². The number of carbonyl (C=O) groups excluding carboxylic acids is 1. The van der Waals surface area contributed by atoms with Crippen LogP contribution in [0.2, 0.25) is 0 Å². The van der Waals surface area contributed by atoms with Gasteiger partial charge in [0, 0.05) is 31.6 Å². The fourth-order valence-corrected chi connectivity index (χ4v) is 3.53. The molecule has 2 rings (SSSR count). The summed E-state index contributed by atoms with van der Waals surface area (Å²) in [5.41, 5.74) is 0.979. The van der Waals surface area contributed by atoms with E-state index in [1.807, 2.05) is 18.7 Å². The van der Waals surface area contributed by atoms with Gasteiger partial charge in [0.1, 0.15) is 5.82 Å². The number of nitrogens with zero attached hydrogens (tertiary/aromatic N) is 1. The van der Waals surface area contributed by atoms with Gasteiger partial charge in [-0.3, -0.25) is 4.79 Å². The molecule has 1 aromatic carbocycles. The lowest BCUT2D eigenvalue weighted by molar-refractivity contribution is -0.124. The van der Waals surface area contributed by atoms with Crippen LogP contribution in [0.4, 0.5) is 4.39 Å². The molecular weight excluding hydrogens is 337 g/mol. The molecule has 25 heavy (non-hydrogen) atoms. The van der Waals surface area contributed by atoms with E-state index in [0.717, 1.165) is 18.4 Å². The van der Waals surface area contributed by atoms with Crippen molar-refractivity contribution in [2.45, 2.75) is 45.6 Å². The Labute approximate surface area is 155 Å². The minimum absolute atomic E-state index is 0.00846. The molecule has 0 aromatic heterocycles. The third-order valence-electron chi connectivity index (χ3n) is 4.48. The number of hydrogen-bond donors (Lipinski definition) is 2. The molecule has 0 bridgehead atoms. The number of carbonyl (C=O) groups is 1. The average Bonchev–Trinajstić information content (AvgIpc) is 3.00. The number of rotatable bonds is 6. The molecule has 1 aliphatic rings. The zero-order valence-electron chi connectivity index (χ0n) is 15.2. The van der Waals surface area contributed by atoms with Crippen LogP contribution >= 0.6 is 12.2 Å². The second-order valence-corrected chi connectivity index (χ2v) is 7.30. The standard InChI is InChI=1S/C19H28FN3OS/c1-4-5-10-21-18(24)17-12-23(19(25)22-13(2)3)11-16(17)14-6-8-15(20)9-7-14/h6-9,13,16-17H,4-5,10-12H2,1-3H3,(H,21,24)(H,22,25)/t16-,17-/m0/s1. The van der Waals surface area contributed by atoms with Gasteiger partial charge in [-0.2, -0.15) is 0 Å². The SMILES string of the molecule is CCCCNC(=O)[C@H]1CN(C(=S)NC(C)C)C[C@H]1c1ccc(F)cc1. The van der Waals surface area contributed by atoms with Crippen LogP contribution < -0.4 is 10.6 Å². The normalized spacial score (nSPS) is 20.0. The summed E-state index contributed by atoms with van der Waals surface area (Å²) >= 11 is 5.48. The molecule has 0 aliphatic carbocycles. The molecule has 0 unspecified atom stereocenters. The number of hydrogen-bond acceptors (Lipinski definition) is 2. The van der Waals surface area contributed by atoms with Crippen LogP contribution in [0.5, 0.6) is 0 Å². The van der Waals surface area contributed by atoms with Crippen LogP contribution in [-0.4, -0.2) is 41.6 Å². The van der Waals surface area contributed by atoms with Gasteiger partial charge in [0.05, 0.1) is 5.92 Å². The largest absolute Gasteiger partial charge is 0.360 e. The van der Waals surface area contributed by atoms with Gasteiger partial charge < -0.3 is 15.5 Å². The Bertz CT molecular complexity index is 591. The molecule has 1 saturated heterocycles. The number of thiocarbonyl (C=S) groups is 1. The van der Waals surface area contributed by atoms with Gasteiger partial charge in [-0.15, -0.1) is 0 Å². The summed E-state index contributed by atoms with van der Waals surface area (Å²) in [5, 5.41) is 6.95. The highest BCUT2D eigenvalue weighted by atomic mass is 32.1. The van der Waals surface area contributed by atoms with Crippen LogP contribution in [0.1, 0.15) is 45.1 Å². The van der Waals surface area contributed by atoms with Crippen LogP contribution in [0.15, 0.2) is 24.3 Å². The second-order valence-electron chi connectivity index (χ2n) is 6.92. The first kappa shape index (κ1) is 19.6. The van der Waals surface area contributed by atoms with Crippen LogP contribution in [0, 0.1) is 11.7 Å². The zero-order valence-corrected chi connectivity index (χ0v) is 16.0. The molecule has 1 amide bonds. The number of halogens is 1. The molecular formula is C19H28FN3OS. The topological polar surface area (TPSA) is 44.4 Å². The highest BCUT2D eigenvalue weighted by Gasteiger charge is 2.39. The third kappa shape index (κ3) is 5.39. The first-order chi connectivity index (χ1) is 11.9. The maximum atomic E-state index is 13.3. The van der Waals surface area contributed by atoms with Gasteiger partial charge in [0.25, 0.3) is 0 Å². The number of benzene rings is 1. The minimum Gasteiger partial charge on any atom is -0.360 e. The predicted molar refractivity (Wildman–Crippen MR) is 103 cm³/mol. The molecule has 2 atom stereocenters. The van der Waals surface area contributed by atoms with Crippen LogP contribution in [0.25, 0.3) is 0 Å². The fourth-order valence-electron chi connectivity index (χ4n) is 3.14. The van der Waals surface area contributed by atoms with E-state index in [4.69, 9.17) is 12.2 Å². The Hall–Kier alpha value is -1.69. The Morgan fingerprint density at radius 2 is 2.00 bits per heavy atom. The Morgan fingerprint density at radius 3 is 2.60 bits per heavy atom. The smallest absolute Gasteiger partial charge is 0.225 e. The number of nitrogens with one attached hydrogen (secondary N) is 2. The van der Waals surface area contributed by atoms with Crippen molar-refractivity contribution in [3.63, 3.8) is 0 Å². The van der Waals surface area contributed by atoms with Crippen molar-refractivity contribution in [1.82, 2.24) is 15.5 Å². The number of unbranched alkanes of at least 4 members (excludes halogenated alkanes) is 1. The Morgan fingerprint density at radius 1 is 1.32 bits per heavy atom. The summed E-state index contributed by atoms with van der Waals surface area (Å²) in [7, 11) is 0. The van der Waals surface area contributed by atoms with Crippen LogP contribution in [0.3, 0.4) is 0 Å². The van der Waals surface area contributed by atoms with E-state index in [9.17, 15) is 9.18 Å². The quantitative estimate of drug-likeness (QED) is 0.601. The van der Waals surface area contributed by atoms with Crippen molar-refractivity contribution in [1.29, 1.82) is 0 Å². The molecule has 0 radical (unpaired) electrons. The van der Waals surface area contributed by atoms with Crippen molar-refractivity contribution in [3.8, 4) is 0 Å². The Balaban J connectivity index is 2.14. The summed E-state index contributed by atoms with van der Waals surface area (Å²) in [6.07, 6.45) is 2.01. The number of likely N-dealkylation sites (tertiary alicyclic amines) is 1. The molecule has 2 N–H and O–H groups in total. The lowest BCUT2D eigenvalue weighted by Crippen LogP contribution is -2.42. The van der Waals surface area contributed by atoms with E-state index in [-0.39, 0.29) is 29.6 Å². The van der Waals surface area contributed by atoms with Gasteiger partial charge in [-0.05, 0) is 50.2 Å². The van der Waals surface area contributed by atoms with Gasteiger partial charge in [0.15, 0.2) is 5.11 Å². The zero-order chi connectivity index (χ0) is 18.4. The second kappa shape index (κ2) is 9.13. The van der Waals surface area contributed by atoms with Crippen LogP contribution in [-0.2, 0) is 4.79 Å². The summed E-state index contributed by atoms with van der Waals surface area (Å²) in [5.74, 6) is -0.388. The van der Waals surface area contributed by atoms with Gasteiger partial charge in [-0.25, -0.2) is 4.39 Å². The maximum absolute atomic E-state index is 13.3. The van der Waals surface area contributed by atoms with Gasteiger partial charge in [0.2, 0.25) is 5.91 Å². The lowest BCUT2D eigenvalue weighted by atomic mass is 9.88. The van der Waals surface area contributed by atoms with Crippen molar-refractivity contribution >= 4 is 23.2 Å². The molecule has 1 heterocycles. The minimum atomic E-state index is -0.264. The number of amides is 1. The maximum Gasteiger partial charge on any atom is 0.225 e. The molecule has 4 nitrogen and oxygen atoms in total. The third-order valence-corrected chi connectivity index (χ3v) is 4.86. The van der Waals surface area contributed by atoms with E-state index >= 15 is 0 Å². The van der Waals surface area contributed by atoms with E-state index < -0.39 is 0 Å². The Kier molecular flexibility index (Phi) is 7.17. The highest BCUT2D eigenvalue weighted by molar-refractivity contribution is 7.80. The summed E-state index contributed by atoms with van der Waals surface area (Å²) < 4.78 is 13.3. The molecule has 0 spiro atoms. The van der Waals surface area contributed by atoms with E-state index in [1.165, 1.54) is 12.1 Å². The first-order valence-corrected chi connectivity index (χ1v) is 9.41. The summed E-state index contributed by atoms with van der Waals surface area (Å²) in [6, 6.07) is 6.70. The van der Waals surface area contributed by atoms with Gasteiger partial charge >= 0.3 is 0 Å². The summed E-state index contributed by atoms with van der Waals surface area (Å²) in [4.78, 5) is 14.7. The fraction of sp³-hybridized carbons (Fsp3) is 0.579. The molecule has 1 aliphatic heterocycles. The molecule has 0 saturated carbocycles. The van der Waals surface area contributed by atoms with Crippen molar-refractivity contribution < 1.29 is 9.18 Å². The van der Waals surface area contributed by atoms with Crippen molar-refractivity contribution in [3.05, 3.63) is 35.6 Å². The molecule has 1 fully saturated rings. The molecule has 1 aromatic rings. The predicted octanol–water partition coefficient (Wildman–Crippen LogP) is 3.04. The monoisotopic (exact) mass is 365 g/mol. The summed E-state index contributed by atoms with van der Waals surface area (Å²) in [6.45, 7) is 8.11. The van der Waals surface area contributed by atoms with E-state index in [1.54, 1.807) is 12.1 Å². The lowest BCUT2D eigenvalue weighted by Gasteiger charge is -2.22. The average molecular weight is 366 g/mol. The molecule has 138 valence electrons. The highest BCUT2D eigenvalue weighted by Crippen LogP contribution is 2.33. The molecule has 6 heteroatoms. The first-order valence-electron chi connectivity index (χ1n) is 9.01. The van der Waals surface area contributed by atoms with E-state index in [0.29, 0.717) is 24.7 Å². The van der Waals surface area contributed by atoms with Crippen molar-refractivity contribution in [2.75, 3.05) is 19.6 Å².